The van der Waals surface area contributed by atoms with Crippen LogP contribution in [-0.2, 0) is 4.74 Å². The highest BCUT2D eigenvalue weighted by Gasteiger charge is 2.42. The van der Waals surface area contributed by atoms with Crippen LogP contribution in [0.5, 0.6) is 0 Å². The monoisotopic (exact) mass is 234 g/mol. The second-order valence-electron chi connectivity index (χ2n) is 4.93. The Balaban J connectivity index is 2.36. The molecule has 1 saturated carbocycles. The molecule has 1 N–H and O–H groups in total. The highest BCUT2D eigenvalue weighted by Crippen LogP contribution is 2.42. The molecule has 1 aliphatic rings. The molecule has 17 heavy (non-hydrogen) atoms. The molecule has 1 aromatic rings. The maximum absolute atomic E-state index is 5.87. The summed E-state index contributed by atoms with van der Waals surface area (Å²) in [4.78, 5) is 4.26. The van der Waals surface area contributed by atoms with E-state index in [1.54, 1.807) is 0 Å². The predicted octanol–water partition coefficient (Wildman–Crippen LogP) is 2.61. The van der Waals surface area contributed by atoms with Crippen molar-refractivity contribution >= 4 is 0 Å². The zero-order valence-electron chi connectivity index (χ0n) is 11.0. The molecule has 0 spiro atoms. The molecule has 1 unspecified atom stereocenters. The van der Waals surface area contributed by atoms with Gasteiger partial charge in [0.2, 0.25) is 0 Å². The molecule has 3 nitrogen and oxygen atoms in total. The van der Waals surface area contributed by atoms with E-state index in [9.17, 15) is 0 Å². The Bertz CT molecular complexity index is 372. The Morgan fingerprint density at radius 2 is 2.12 bits per heavy atom. The summed E-state index contributed by atoms with van der Waals surface area (Å²) in [6.07, 6.45) is 8.58. The summed E-state index contributed by atoms with van der Waals surface area (Å²) in [6.45, 7) is 2.14. The minimum absolute atomic E-state index is 0.0530. The second kappa shape index (κ2) is 5.15. The van der Waals surface area contributed by atoms with Gasteiger partial charge in [-0.1, -0.05) is 12.8 Å². The van der Waals surface area contributed by atoms with E-state index in [-0.39, 0.29) is 11.6 Å². The fourth-order valence-corrected chi connectivity index (χ4v) is 3.06. The van der Waals surface area contributed by atoms with Crippen LogP contribution < -0.4 is 5.32 Å². The zero-order valence-corrected chi connectivity index (χ0v) is 11.0. The fraction of sp³-hybridized carbons (Fsp3) is 0.643. The molecule has 1 aliphatic carbocycles. The van der Waals surface area contributed by atoms with Crippen LogP contribution in [0, 0.1) is 6.92 Å². The molecule has 1 heterocycles. The summed E-state index contributed by atoms with van der Waals surface area (Å²) in [7, 11) is 3.84. The highest BCUT2D eigenvalue weighted by molar-refractivity contribution is 5.28. The van der Waals surface area contributed by atoms with Crippen LogP contribution in [0.2, 0.25) is 0 Å². The molecule has 2 rings (SSSR count). The molecule has 1 aromatic heterocycles. The van der Waals surface area contributed by atoms with E-state index in [1.165, 1.54) is 24.0 Å². The maximum atomic E-state index is 5.87. The van der Waals surface area contributed by atoms with Gasteiger partial charge >= 0.3 is 0 Å². The van der Waals surface area contributed by atoms with Crippen molar-refractivity contribution in [1.82, 2.24) is 10.3 Å². The van der Waals surface area contributed by atoms with Gasteiger partial charge in [0.05, 0.1) is 11.6 Å². The number of aryl methyl sites for hydroxylation is 1. The Labute approximate surface area is 104 Å². The molecule has 0 aromatic carbocycles. The van der Waals surface area contributed by atoms with Crippen LogP contribution in [0.4, 0.5) is 0 Å². The van der Waals surface area contributed by atoms with E-state index in [4.69, 9.17) is 4.74 Å². The van der Waals surface area contributed by atoms with Gasteiger partial charge in [0.15, 0.2) is 0 Å². The van der Waals surface area contributed by atoms with Gasteiger partial charge < -0.3 is 10.1 Å². The first-order valence-corrected chi connectivity index (χ1v) is 6.36. The van der Waals surface area contributed by atoms with Gasteiger partial charge in [-0.2, -0.15) is 0 Å². The molecule has 1 fully saturated rings. The van der Waals surface area contributed by atoms with Gasteiger partial charge in [0.1, 0.15) is 0 Å². The topological polar surface area (TPSA) is 34.2 Å². The lowest BCUT2D eigenvalue weighted by atomic mass is 9.86. The number of hydrogen-bond acceptors (Lipinski definition) is 3. The van der Waals surface area contributed by atoms with Gasteiger partial charge in [-0.3, -0.25) is 4.98 Å². The van der Waals surface area contributed by atoms with Gasteiger partial charge in [-0.05, 0) is 44.0 Å². The predicted molar refractivity (Wildman–Crippen MR) is 69.0 cm³/mol. The van der Waals surface area contributed by atoms with Crippen molar-refractivity contribution in [2.24, 2.45) is 0 Å². The molecule has 0 radical (unpaired) electrons. The van der Waals surface area contributed by atoms with E-state index in [1.807, 2.05) is 26.6 Å². The number of pyridine rings is 1. The summed E-state index contributed by atoms with van der Waals surface area (Å²) >= 11 is 0. The van der Waals surface area contributed by atoms with Crippen molar-refractivity contribution in [1.29, 1.82) is 0 Å². The molecule has 0 amide bonds. The first kappa shape index (κ1) is 12.5. The van der Waals surface area contributed by atoms with Gasteiger partial charge in [0, 0.05) is 19.5 Å². The zero-order chi connectivity index (χ0) is 12.3. The van der Waals surface area contributed by atoms with E-state index < -0.39 is 0 Å². The molecule has 94 valence electrons. The van der Waals surface area contributed by atoms with Crippen molar-refractivity contribution in [2.45, 2.75) is 44.2 Å². The normalized spacial score (nSPS) is 20.4. The van der Waals surface area contributed by atoms with Gasteiger partial charge in [0.25, 0.3) is 0 Å². The largest absolute Gasteiger partial charge is 0.376 e. The standard InChI is InChI=1S/C14H22N2O/c1-11-6-9-16-10-12(11)13(15-2)14(17-3)7-4-5-8-14/h6,9-10,13,15H,4-5,7-8H2,1-3H3. The number of nitrogens with one attached hydrogen (secondary N) is 1. The average molecular weight is 234 g/mol. The average Bonchev–Trinajstić information content (AvgIpc) is 2.82. The van der Waals surface area contributed by atoms with Crippen molar-refractivity contribution in [2.75, 3.05) is 14.2 Å². The third-order valence-electron chi connectivity index (χ3n) is 4.06. The van der Waals surface area contributed by atoms with Crippen LogP contribution in [0.1, 0.15) is 42.9 Å². The summed E-state index contributed by atoms with van der Waals surface area (Å²) in [5.41, 5.74) is 2.49. The number of hydrogen-bond donors (Lipinski definition) is 1. The SMILES string of the molecule is CNC(c1cnccc1C)C1(OC)CCCC1. The number of rotatable bonds is 4. The minimum atomic E-state index is -0.0530. The van der Waals surface area contributed by atoms with Crippen LogP contribution in [0.25, 0.3) is 0 Å². The lowest BCUT2D eigenvalue weighted by Gasteiger charge is -2.37. The van der Waals surface area contributed by atoms with Gasteiger partial charge in [-0.15, -0.1) is 0 Å². The number of methoxy groups -OCH3 is 1. The van der Waals surface area contributed by atoms with E-state index in [2.05, 4.69) is 23.3 Å². The van der Waals surface area contributed by atoms with Crippen molar-refractivity contribution in [3.05, 3.63) is 29.6 Å². The first-order chi connectivity index (χ1) is 8.23. The molecule has 0 saturated heterocycles. The number of likely N-dealkylation sites (N-methyl/N-ethyl adjacent to an activating group) is 1. The molecule has 0 aliphatic heterocycles. The third-order valence-corrected chi connectivity index (χ3v) is 4.06. The van der Waals surface area contributed by atoms with Crippen LogP contribution >= 0.6 is 0 Å². The second-order valence-corrected chi connectivity index (χ2v) is 4.93. The molecule has 3 heteroatoms. The van der Waals surface area contributed by atoms with E-state index >= 15 is 0 Å². The summed E-state index contributed by atoms with van der Waals surface area (Å²) < 4.78 is 5.87. The van der Waals surface area contributed by atoms with E-state index in [0.717, 1.165) is 12.8 Å². The Kier molecular flexibility index (Phi) is 3.79. The van der Waals surface area contributed by atoms with E-state index in [0.29, 0.717) is 0 Å². The molecular weight excluding hydrogens is 212 g/mol. The first-order valence-electron chi connectivity index (χ1n) is 6.36. The number of nitrogens with zero attached hydrogens (tertiary/aromatic N) is 1. The summed E-state index contributed by atoms with van der Waals surface area (Å²) in [5.74, 6) is 0. The van der Waals surface area contributed by atoms with Crippen molar-refractivity contribution in [3.8, 4) is 0 Å². The highest BCUT2D eigenvalue weighted by atomic mass is 16.5. The molecule has 1 atom stereocenters. The maximum Gasteiger partial charge on any atom is 0.0873 e. The van der Waals surface area contributed by atoms with Gasteiger partial charge in [-0.25, -0.2) is 0 Å². The number of ether oxygens (including phenoxy) is 1. The van der Waals surface area contributed by atoms with Crippen LogP contribution in [0.3, 0.4) is 0 Å². The van der Waals surface area contributed by atoms with Crippen molar-refractivity contribution < 1.29 is 4.74 Å². The summed E-state index contributed by atoms with van der Waals surface area (Å²) in [6, 6.07) is 2.31. The lowest BCUT2D eigenvalue weighted by Crippen LogP contribution is -2.42. The van der Waals surface area contributed by atoms with Crippen molar-refractivity contribution in [3.63, 3.8) is 0 Å². The number of aromatic nitrogens is 1. The Morgan fingerprint density at radius 1 is 1.41 bits per heavy atom. The molecular formula is C14H22N2O. The van der Waals surface area contributed by atoms with Crippen LogP contribution in [-0.4, -0.2) is 24.7 Å². The van der Waals surface area contributed by atoms with Crippen LogP contribution in [0.15, 0.2) is 18.5 Å². The fourth-order valence-electron chi connectivity index (χ4n) is 3.06. The Morgan fingerprint density at radius 3 is 2.65 bits per heavy atom. The third kappa shape index (κ3) is 2.22. The quantitative estimate of drug-likeness (QED) is 0.869. The summed E-state index contributed by atoms with van der Waals surface area (Å²) in [5, 5.41) is 3.43. The molecule has 0 bridgehead atoms. The smallest absolute Gasteiger partial charge is 0.0873 e. The Hall–Kier alpha value is -0.930. The minimum Gasteiger partial charge on any atom is -0.376 e. The lowest BCUT2D eigenvalue weighted by molar-refractivity contribution is -0.0351.